The molecule has 0 aliphatic carbocycles. The molecule has 33 heavy (non-hydrogen) atoms. The predicted molar refractivity (Wildman–Crippen MR) is 134 cm³/mol. The average molecular weight is 566 g/mol. The van der Waals surface area contributed by atoms with E-state index in [1.165, 1.54) is 18.2 Å². The van der Waals surface area contributed by atoms with Gasteiger partial charge >= 0.3 is 0 Å². The number of anilines is 3. The maximum atomic E-state index is 13.0. The third-order valence-electron chi connectivity index (χ3n) is 4.63. The second-order valence-electron chi connectivity index (χ2n) is 6.93. The standard InChI is InChI=1S/C23H13BrCl3N3O3/c24-13-4-6-16(7-5-13)29-21(31)12-2-1-3-17(8-12)28-20-19(27)22(32)30(23(20)33)18-10-14(25)9-15(26)11-18/h1-11,28H,(H,29,31). The van der Waals surface area contributed by atoms with E-state index in [2.05, 4.69) is 26.6 Å². The lowest BCUT2D eigenvalue weighted by molar-refractivity contribution is -0.120. The number of amides is 3. The van der Waals surface area contributed by atoms with E-state index in [0.29, 0.717) is 16.9 Å². The number of hydrogen-bond acceptors (Lipinski definition) is 4. The molecule has 10 heteroatoms. The fourth-order valence-electron chi connectivity index (χ4n) is 3.13. The molecule has 0 unspecified atom stereocenters. The maximum absolute atomic E-state index is 13.0. The molecule has 1 aliphatic heterocycles. The molecule has 0 saturated heterocycles. The highest BCUT2D eigenvalue weighted by molar-refractivity contribution is 9.10. The summed E-state index contributed by atoms with van der Waals surface area (Å²) in [5.74, 6) is -1.73. The number of carbonyl (C=O) groups is 3. The molecule has 2 N–H and O–H groups in total. The van der Waals surface area contributed by atoms with Gasteiger partial charge in [-0.1, -0.05) is 56.8 Å². The Morgan fingerprint density at radius 2 is 1.48 bits per heavy atom. The lowest BCUT2D eigenvalue weighted by Crippen LogP contribution is -2.32. The van der Waals surface area contributed by atoms with Crippen molar-refractivity contribution in [2.45, 2.75) is 0 Å². The molecule has 0 bridgehead atoms. The summed E-state index contributed by atoms with van der Waals surface area (Å²) in [6, 6.07) is 17.9. The van der Waals surface area contributed by atoms with Crippen LogP contribution < -0.4 is 15.5 Å². The fraction of sp³-hybridized carbons (Fsp3) is 0. The quantitative estimate of drug-likeness (QED) is 0.349. The van der Waals surface area contributed by atoms with Gasteiger partial charge in [0.15, 0.2) is 0 Å². The van der Waals surface area contributed by atoms with E-state index in [9.17, 15) is 14.4 Å². The molecule has 0 aromatic heterocycles. The van der Waals surface area contributed by atoms with Crippen LogP contribution in [0.15, 0.2) is 81.9 Å². The Bertz CT molecular complexity index is 1310. The van der Waals surface area contributed by atoms with Crippen LogP contribution in [0.25, 0.3) is 0 Å². The van der Waals surface area contributed by atoms with Crippen molar-refractivity contribution >= 4 is 85.5 Å². The van der Waals surface area contributed by atoms with Crippen LogP contribution in [0, 0.1) is 0 Å². The number of imide groups is 1. The summed E-state index contributed by atoms with van der Waals surface area (Å²) in [7, 11) is 0. The van der Waals surface area contributed by atoms with Crippen molar-refractivity contribution < 1.29 is 14.4 Å². The first-order valence-corrected chi connectivity index (χ1v) is 11.3. The molecule has 3 aromatic rings. The highest BCUT2D eigenvalue weighted by Gasteiger charge is 2.39. The molecule has 0 radical (unpaired) electrons. The van der Waals surface area contributed by atoms with Crippen LogP contribution in [0.3, 0.4) is 0 Å². The van der Waals surface area contributed by atoms with Crippen LogP contribution in [0.1, 0.15) is 10.4 Å². The number of hydrogen-bond donors (Lipinski definition) is 2. The van der Waals surface area contributed by atoms with Gasteiger partial charge in [-0.25, -0.2) is 4.90 Å². The van der Waals surface area contributed by atoms with Gasteiger partial charge < -0.3 is 10.6 Å². The first-order chi connectivity index (χ1) is 15.7. The highest BCUT2D eigenvalue weighted by atomic mass is 79.9. The van der Waals surface area contributed by atoms with E-state index < -0.39 is 11.8 Å². The summed E-state index contributed by atoms with van der Waals surface area (Å²) in [6.45, 7) is 0. The second-order valence-corrected chi connectivity index (χ2v) is 9.10. The van der Waals surface area contributed by atoms with Crippen molar-refractivity contribution in [2.24, 2.45) is 0 Å². The first kappa shape index (κ1) is 23.3. The summed E-state index contributed by atoms with van der Waals surface area (Å²) < 4.78 is 0.890. The molecule has 0 atom stereocenters. The Morgan fingerprint density at radius 1 is 0.818 bits per heavy atom. The van der Waals surface area contributed by atoms with Gasteiger partial charge in [0.25, 0.3) is 17.7 Å². The third-order valence-corrected chi connectivity index (χ3v) is 5.94. The van der Waals surface area contributed by atoms with E-state index in [-0.39, 0.29) is 32.4 Å². The zero-order valence-corrected chi connectivity index (χ0v) is 20.4. The highest BCUT2D eigenvalue weighted by Crippen LogP contribution is 2.33. The van der Waals surface area contributed by atoms with Crippen LogP contribution in [0.4, 0.5) is 17.1 Å². The maximum Gasteiger partial charge on any atom is 0.283 e. The second kappa shape index (κ2) is 9.57. The van der Waals surface area contributed by atoms with E-state index in [4.69, 9.17) is 34.8 Å². The van der Waals surface area contributed by atoms with Crippen molar-refractivity contribution in [3.8, 4) is 0 Å². The molecular formula is C23H13BrCl3N3O3. The first-order valence-electron chi connectivity index (χ1n) is 9.41. The van der Waals surface area contributed by atoms with E-state index >= 15 is 0 Å². The van der Waals surface area contributed by atoms with E-state index in [1.807, 2.05) is 12.1 Å². The largest absolute Gasteiger partial charge is 0.350 e. The van der Waals surface area contributed by atoms with Crippen LogP contribution >= 0.6 is 50.7 Å². The molecular weight excluding hydrogens is 553 g/mol. The fourth-order valence-corrected chi connectivity index (χ4v) is 4.12. The van der Waals surface area contributed by atoms with Crippen molar-refractivity contribution in [1.29, 1.82) is 0 Å². The van der Waals surface area contributed by atoms with E-state index in [1.54, 1.807) is 36.4 Å². The molecule has 1 aliphatic rings. The van der Waals surface area contributed by atoms with E-state index in [0.717, 1.165) is 9.37 Å². The summed E-state index contributed by atoms with van der Waals surface area (Å²) in [4.78, 5) is 39.1. The molecule has 3 amide bonds. The zero-order valence-electron chi connectivity index (χ0n) is 16.5. The Hall–Kier alpha value is -2.84. The molecule has 0 saturated carbocycles. The smallest absolute Gasteiger partial charge is 0.283 e. The Morgan fingerprint density at radius 3 is 2.15 bits per heavy atom. The van der Waals surface area contributed by atoms with Crippen LogP contribution in [-0.4, -0.2) is 17.7 Å². The lowest BCUT2D eigenvalue weighted by atomic mass is 10.1. The van der Waals surface area contributed by atoms with Crippen LogP contribution in [0.5, 0.6) is 0 Å². The van der Waals surface area contributed by atoms with Crippen LogP contribution in [-0.2, 0) is 9.59 Å². The van der Waals surface area contributed by atoms with Gasteiger partial charge in [0.2, 0.25) is 0 Å². The Balaban J connectivity index is 1.55. The zero-order chi connectivity index (χ0) is 23.7. The summed E-state index contributed by atoms with van der Waals surface area (Å²) >= 11 is 21.5. The van der Waals surface area contributed by atoms with Gasteiger partial charge in [0, 0.05) is 31.5 Å². The summed E-state index contributed by atoms with van der Waals surface area (Å²) in [6.07, 6.45) is 0. The number of carbonyl (C=O) groups excluding carboxylic acids is 3. The average Bonchev–Trinajstić information content (AvgIpc) is 2.98. The number of benzene rings is 3. The Labute approximate surface area is 212 Å². The summed E-state index contributed by atoms with van der Waals surface area (Å²) in [5, 5.41) is 5.88. The predicted octanol–water partition coefficient (Wildman–Crippen LogP) is 6.44. The number of nitrogens with zero attached hydrogens (tertiary/aromatic N) is 1. The van der Waals surface area contributed by atoms with Crippen molar-refractivity contribution in [3.05, 3.63) is 97.5 Å². The van der Waals surface area contributed by atoms with Crippen molar-refractivity contribution in [2.75, 3.05) is 15.5 Å². The van der Waals surface area contributed by atoms with Gasteiger partial charge in [-0.2, -0.15) is 0 Å². The molecule has 3 aromatic carbocycles. The lowest BCUT2D eigenvalue weighted by Gasteiger charge is -2.16. The van der Waals surface area contributed by atoms with Crippen LogP contribution in [0.2, 0.25) is 10.0 Å². The van der Waals surface area contributed by atoms with Gasteiger partial charge in [-0.05, 0) is 60.7 Å². The minimum absolute atomic E-state index is 0.122. The molecule has 1 heterocycles. The minimum atomic E-state index is -0.716. The SMILES string of the molecule is O=C(Nc1ccc(Br)cc1)c1cccc(NC2=C(Cl)C(=O)N(c3cc(Cl)cc(Cl)c3)C2=O)c1. The Kier molecular flexibility index (Phi) is 6.76. The third kappa shape index (κ3) is 5.07. The van der Waals surface area contributed by atoms with Crippen molar-refractivity contribution in [3.63, 3.8) is 0 Å². The van der Waals surface area contributed by atoms with Gasteiger partial charge in [-0.3, -0.25) is 14.4 Å². The molecule has 0 fully saturated rings. The van der Waals surface area contributed by atoms with Crippen molar-refractivity contribution in [1.82, 2.24) is 0 Å². The normalized spacial score (nSPS) is 13.5. The number of rotatable bonds is 5. The molecule has 166 valence electrons. The monoisotopic (exact) mass is 563 g/mol. The van der Waals surface area contributed by atoms with Gasteiger partial charge in [0.1, 0.15) is 10.7 Å². The molecule has 0 spiro atoms. The molecule has 6 nitrogen and oxygen atoms in total. The minimum Gasteiger partial charge on any atom is -0.350 e. The number of nitrogens with one attached hydrogen (secondary N) is 2. The van der Waals surface area contributed by atoms with Gasteiger partial charge in [-0.15, -0.1) is 0 Å². The molecule has 4 rings (SSSR count). The summed E-state index contributed by atoms with van der Waals surface area (Å²) in [5.41, 5.74) is 1.44. The topological polar surface area (TPSA) is 78.5 Å². The number of halogens is 4. The van der Waals surface area contributed by atoms with Gasteiger partial charge in [0.05, 0.1) is 5.69 Å².